The molecule has 12 heteroatoms. The number of thiophene rings is 1. The van der Waals surface area contributed by atoms with Crippen molar-refractivity contribution in [2.24, 2.45) is 0 Å². The summed E-state index contributed by atoms with van der Waals surface area (Å²) in [7, 11) is -3.79. The molecule has 0 spiro atoms. The summed E-state index contributed by atoms with van der Waals surface area (Å²) in [6, 6.07) is 5.89. The molecule has 0 radical (unpaired) electrons. The largest absolute Gasteiger partial charge is 0.449 e. The maximum atomic E-state index is 13.2. The van der Waals surface area contributed by atoms with Gasteiger partial charge in [0.1, 0.15) is 9.73 Å². The van der Waals surface area contributed by atoms with Gasteiger partial charge in [0, 0.05) is 19.3 Å². The second kappa shape index (κ2) is 6.67. The Morgan fingerprint density at radius 2 is 2.04 bits per heavy atom. The number of alkyl halides is 3. The number of halogens is 4. The van der Waals surface area contributed by atoms with Crippen LogP contribution in [0.3, 0.4) is 0 Å². The van der Waals surface area contributed by atoms with E-state index in [0.29, 0.717) is 3.79 Å². The van der Waals surface area contributed by atoms with Crippen LogP contribution in [0.25, 0.3) is 11.2 Å². The van der Waals surface area contributed by atoms with E-state index in [1.54, 1.807) is 6.07 Å². The van der Waals surface area contributed by atoms with Gasteiger partial charge in [-0.05, 0) is 40.2 Å². The van der Waals surface area contributed by atoms with Gasteiger partial charge in [-0.25, -0.2) is 23.1 Å². The summed E-state index contributed by atoms with van der Waals surface area (Å²) >= 11 is 4.17. The van der Waals surface area contributed by atoms with E-state index in [1.807, 2.05) is 0 Å². The van der Waals surface area contributed by atoms with Gasteiger partial charge in [0.05, 0.1) is 3.79 Å². The Balaban J connectivity index is 1.84. The normalized spacial score (nSPS) is 12.8. The lowest BCUT2D eigenvalue weighted by Gasteiger charge is -2.11. The Morgan fingerprint density at radius 1 is 1.28 bits per heavy atom. The number of rotatable bonds is 5. The van der Waals surface area contributed by atoms with E-state index in [2.05, 4.69) is 30.6 Å². The molecule has 0 amide bonds. The number of pyridine rings is 1. The molecular formula is C13H10BrF3N4O2S2. The zero-order chi connectivity index (χ0) is 18.2. The van der Waals surface area contributed by atoms with E-state index in [1.165, 1.54) is 24.4 Å². The first kappa shape index (κ1) is 18.3. The molecule has 0 aliphatic carbocycles. The lowest BCUT2D eigenvalue weighted by molar-refractivity contribution is -0.146. The summed E-state index contributed by atoms with van der Waals surface area (Å²) in [4.78, 5) is 7.47. The van der Waals surface area contributed by atoms with E-state index in [9.17, 15) is 21.6 Å². The van der Waals surface area contributed by atoms with E-state index >= 15 is 0 Å². The molecule has 3 heterocycles. The summed E-state index contributed by atoms with van der Waals surface area (Å²) in [6.07, 6.45) is -3.31. The number of sulfonamides is 1. The van der Waals surface area contributed by atoms with Gasteiger partial charge < -0.3 is 4.57 Å². The number of fused-ring (bicyclic) bond motifs is 1. The van der Waals surface area contributed by atoms with Crippen molar-refractivity contribution in [2.75, 3.05) is 6.54 Å². The van der Waals surface area contributed by atoms with Gasteiger partial charge in [-0.1, -0.05) is 0 Å². The maximum absolute atomic E-state index is 13.2. The van der Waals surface area contributed by atoms with Crippen LogP contribution in [0.5, 0.6) is 0 Å². The van der Waals surface area contributed by atoms with Gasteiger partial charge in [0.25, 0.3) is 0 Å². The minimum Gasteiger partial charge on any atom is -0.304 e. The molecule has 0 fully saturated rings. The smallest absolute Gasteiger partial charge is 0.304 e. The molecule has 0 saturated heterocycles. The molecule has 0 saturated carbocycles. The Bertz CT molecular complexity index is 1010. The topological polar surface area (TPSA) is 76.9 Å². The summed E-state index contributed by atoms with van der Waals surface area (Å²) in [5.41, 5.74) is 0.146. The lowest BCUT2D eigenvalue weighted by atomic mass is 10.4. The molecule has 0 unspecified atom stereocenters. The summed E-state index contributed by atoms with van der Waals surface area (Å²) < 4.78 is 67.6. The summed E-state index contributed by atoms with van der Waals surface area (Å²) in [5.74, 6) is -1.11. The van der Waals surface area contributed by atoms with Crippen molar-refractivity contribution >= 4 is 48.5 Å². The number of nitrogens with one attached hydrogen (secondary N) is 1. The summed E-state index contributed by atoms with van der Waals surface area (Å²) in [5, 5.41) is 0. The first-order valence-corrected chi connectivity index (χ1v) is 9.91. The van der Waals surface area contributed by atoms with Crippen molar-refractivity contribution in [1.82, 2.24) is 19.3 Å². The van der Waals surface area contributed by atoms with Crippen LogP contribution in [0.1, 0.15) is 5.82 Å². The monoisotopic (exact) mass is 454 g/mol. The fraction of sp³-hybridized carbons (Fsp3) is 0.231. The highest BCUT2D eigenvalue weighted by Crippen LogP contribution is 2.31. The SMILES string of the molecule is O=S(=O)(NCCn1c(C(F)(F)F)nc2cccnc21)c1ccc(Br)s1. The third-order valence-electron chi connectivity index (χ3n) is 3.20. The van der Waals surface area contributed by atoms with E-state index in [0.717, 1.165) is 15.9 Å². The fourth-order valence-corrected chi connectivity index (χ4v) is 5.27. The first-order valence-electron chi connectivity index (χ1n) is 6.82. The van der Waals surface area contributed by atoms with Crippen molar-refractivity contribution in [1.29, 1.82) is 0 Å². The number of nitrogens with zero attached hydrogens (tertiary/aromatic N) is 3. The van der Waals surface area contributed by atoms with Crippen LogP contribution >= 0.6 is 27.3 Å². The molecule has 3 aromatic rings. The molecule has 0 aromatic carbocycles. The fourth-order valence-electron chi connectivity index (χ4n) is 2.19. The number of aromatic nitrogens is 3. The highest BCUT2D eigenvalue weighted by Gasteiger charge is 2.37. The molecule has 3 aromatic heterocycles. The minimum absolute atomic E-state index is 0.0490. The summed E-state index contributed by atoms with van der Waals surface area (Å²) in [6.45, 7) is -0.489. The van der Waals surface area contributed by atoms with E-state index in [-0.39, 0.29) is 28.5 Å². The van der Waals surface area contributed by atoms with E-state index < -0.39 is 22.0 Å². The zero-order valence-corrected chi connectivity index (χ0v) is 15.5. The van der Waals surface area contributed by atoms with Crippen LogP contribution in [-0.4, -0.2) is 29.5 Å². The van der Waals surface area contributed by atoms with Crippen LogP contribution in [0.15, 0.2) is 38.5 Å². The maximum Gasteiger partial charge on any atom is 0.449 e. The predicted molar refractivity (Wildman–Crippen MR) is 89.7 cm³/mol. The van der Waals surface area contributed by atoms with Crippen LogP contribution in [0.2, 0.25) is 0 Å². The second-order valence-corrected chi connectivity index (χ2v) is 9.34. The molecule has 0 aliphatic rings. The van der Waals surface area contributed by atoms with Crippen molar-refractivity contribution < 1.29 is 21.6 Å². The quantitative estimate of drug-likeness (QED) is 0.641. The lowest BCUT2D eigenvalue weighted by Crippen LogP contribution is -2.28. The Hall–Kier alpha value is -1.50. The average molecular weight is 455 g/mol. The predicted octanol–water partition coefficient (Wildman–Crippen LogP) is 3.25. The molecule has 0 aliphatic heterocycles. The Kier molecular flexibility index (Phi) is 4.88. The Morgan fingerprint density at radius 3 is 2.68 bits per heavy atom. The zero-order valence-electron chi connectivity index (χ0n) is 12.3. The number of hydrogen-bond donors (Lipinski definition) is 1. The standard InChI is InChI=1S/C13H10BrF3N4O2S2/c14-9-3-4-10(24-9)25(22,23)19-6-7-21-11-8(2-1-5-18-11)20-12(21)13(15,16)17/h1-5,19H,6-7H2. The van der Waals surface area contributed by atoms with Gasteiger partial charge in [-0.2, -0.15) is 13.2 Å². The molecular weight excluding hydrogens is 445 g/mol. The molecule has 6 nitrogen and oxygen atoms in total. The van der Waals surface area contributed by atoms with Gasteiger partial charge in [0.15, 0.2) is 5.65 Å². The minimum atomic E-state index is -4.67. The van der Waals surface area contributed by atoms with Crippen molar-refractivity contribution in [3.63, 3.8) is 0 Å². The molecule has 1 N–H and O–H groups in total. The molecule has 0 bridgehead atoms. The van der Waals surface area contributed by atoms with Crippen molar-refractivity contribution in [2.45, 2.75) is 16.9 Å². The third kappa shape index (κ3) is 3.86. The van der Waals surface area contributed by atoms with Gasteiger partial charge >= 0.3 is 6.18 Å². The van der Waals surface area contributed by atoms with Crippen molar-refractivity contribution in [3.8, 4) is 0 Å². The molecule has 25 heavy (non-hydrogen) atoms. The average Bonchev–Trinajstić information content (AvgIpc) is 3.11. The van der Waals surface area contributed by atoms with E-state index in [4.69, 9.17) is 0 Å². The first-order chi connectivity index (χ1) is 11.7. The van der Waals surface area contributed by atoms with Gasteiger partial charge in [-0.3, -0.25) is 0 Å². The van der Waals surface area contributed by atoms with Crippen molar-refractivity contribution in [3.05, 3.63) is 40.1 Å². The molecule has 0 atom stereocenters. The van der Waals surface area contributed by atoms with Crippen LogP contribution in [0.4, 0.5) is 13.2 Å². The van der Waals surface area contributed by atoms with Gasteiger partial charge in [0.2, 0.25) is 15.8 Å². The Labute approximate surface area is 152 Å². The van der Waals surface area contributed by atoms with Gasteiger partial charge in [-0.15, -0.1) is 11.3 Å². The molecule has 3 rings (SSSR count). The third-order valence-corrected chi connectivity index (χ3v) is 6.77. The highest BCUT2D eigenvalue weighted by atomic mass is 79.9. The number of hydrogen-bond acceptors (Lipinski definition) is 5. The molecule has 134 valence electrons. The van der Waals surface area contributed by atoms with Crippen LogP contribution < -0.4 is 4.72 Å². The number of imidazole rings is 1. The second-order valence-electron chi connectivity index (χ2n) is 4.89. The van der Waals surface area contributed by atoms with Crippen LogP contribution in [-0.2, 0) is 22.7 Å². The van der Waals surface area contributed by atoms with Crippen LogP contribution in [0, 0.1) is 0 Å². The highest BCUT2D eigenvalue weighted by molar-refractivity contribution is 9.11.